The lowest BCUT2D eigenvalue weighted by atomic mass is 9.95. The second-order valence-electron chi connectivity index (χ2n) is 4.24. The maximum Gasteiger partial charge on any atom is 0.139 e. The second-order valence-corrected chi connectivity index (χ2v) is 4.51. The first-order valence-electron chi connectivity index (χ1n) is 5.91. The van der Waals surface area contributed by atoms with Gasteiger partial charge in [-0.25, -0.2) is 4.98 Å². The molecule has 2 heterocycles. The van der Waals surface area contributed by atoms with E-state index in [9.17, 15) is 0 Å². The molecule has 3 nitrogen and oxygen atoms in total. The predicted molar refractivity (Wildman–Crippen MR) is 71.7 cm³/mol. The standard InChI is InChI=1S/C13H17ClN2O/c1-3-13(4-2,9-14)16-12-10-6-8-17-11(10)5-7-15-12/h5-8H,3-4,9H2,1-2H3,(H,15,16). The number of aromatic nitrogens is 1. The third-order valence-corrected chi connectivity index (χ3v) is 3.88. The Bertz CT molecular complexity index is 483. The lowest BCUT2D eigenvalue weighted by Crippen LogP contribution is -2.39. The summed E-state index contributed by atoms with van der Waals surface area (Å²) in [6.45, 7) is 4.27. The Balaban J connectivity index is 2.37. The lowest BCUT2D eigenvalue weighted by molar-refractivity contribution is 0.483. The average Bonchev–Trinajstić information content (AvgIpc) is 2.85. The zero-order valence-corrected chi connectivity index (χ0v) is 10.9. The molecule has 0 aliphatic heterocycles. The first kappa shape index (κ1) is 12.2. The van der Waals surface area contributed by atoms with Gasteiger partial charge in [0.1, 0.15) is 11.4 Å². The van der Waals surface area contributed by atoms with Gasteiger partial charge in [-0.15, -0.1) is 11.6 Å². The monoisotopic (exact) mass is 252 g/mol. The molecule has 2 aromatic heterocycles. The minimum atomic E-state index is -0.0971. The van der Waals surface area contributed by atoms with Crippen LogP contribution >= 0.6 is 11.6 Å². The third kappa shape index (κ3) is 2.25. The molecule has 0 aliphatic rings. The molecule has 1 N–H and O–H groups in total. The summed E-state index contributed by atoms with van der Waals surface area (Å²) in [5.74, 6) is 1.41. The lowest BCUT2D eigenvalue weighted by Gasteiger charge is -2.31. The van der Waals surface area contributed by atoms with Crippen LogP contribution in [0.25, 0.3) is 11.0 Å². The van der Waals surface area contributed by atoms with E-state index in [1.165, 1.54) is 0 Å². The molecule has 0 atom stereocenters. The molecule has 0 bridgehead atoms. The molecule has 0 unspecified atom stereocenters. The zero-order valence-electron chi connectivity index (χ0n) is 10.2. The van der Waals surface area contributed by atoms with Crippen molar-refractivity contribution < 1.29 is 4.42 Å². The van der Waals surface area contributed by atoms with Crippen molar-refractivity contribution in [1.29, 1.82) is 0 Å². The summed E-state index contributed by atoms with van der Waals surface area (Å²) < 4.78 is 5.36. The van der Waals surface area contributed by atoms with Crippen LogP contribution < -0.4 is 5.32 Å². The van der Waals surface area contributed by atoms with E-state index in [-0.39, 0.29) is 5.54 Å². The Morgan fingerprint density at radius 3 is 2.76 bits per heavy atom. The van der Waals surface area contributed by atoms with Gasteiger partial charge in [-0.3, -0.25) is 0 Å². The van der Waals surface area contributed by atoms with Crippen molar-refractivity contribution in [3.05, 3.63) is 24.6 Å². The van der Waals surface area contributed by atoms with Crippen LogP contribution in [-0.4, -0.2) is 16.4 Å². The van der Waals surface area contributed by atoms with E-state index in [2.05, 4.69) is 24.1 Å². The van der Waals surface area contributed by atoms with Crippen LogP contribution in [0.3, 0.4) is 0 Å². The van der Waals surface area contributed by atoms with Gasteiger partial charge >= 0.3 is 0 Å². The van der Waals surface area contributed by atoms with E-state index in [4.69, 9.17) is 16.0 Å². The fraction of sp³-hybridized carbons (Fsp3) is 0.462. The Morgan fingerprint density at radius 1 is 1.35 bits per heavy atom. The molecule has 17 heavy (non-hydrogen) atoms. The number of nitrogens with zero attached hydrogens (tertiary/aromatic N) is 1. The highest BCUT2D eigenvalue weighted by atomic mass is 35.5. The van der Waals surface area contributed by atoms with Gasteiger partial charge in [0.25, 0.3) is 0 Å². The molecule has 2 rings (SSSR count). The summed E-state index contributed by atoms with van der Waals surface area (Å²) in [5, 5.41) is 4.47. The molecule has 0 spiro atoms. The van der Waals surface area contributed by atoms with E-state index < -0.39 is 0 Å². The molecule has 4 heteroatoms. The highest BCUT2D eigenvalue weighted by molar-refractivity contribution is 6.18. The Labute approximate surface area is 106 Å². The molecule has 92 valence electrons. The largest absolute Gasteiger partial charge is 0.464 e. The molecular formula is C13H17ClN2O. The quantitative estimate of drug-likeness (QED) is 0.817. The van der Waals surface area contributed by atoms with Crippen LogP contribution in [0.4, 0.5) is 5.82 Å². The van der Waals surface area contributed by atoms with Gasteiger partial charge in [0.05, 0.1) is 17.2 Å². The highest BCUT2D eigenvalue weighted by Gasteiger charge is 2.25. The van der Waals surface area contributed by atoms with Crippen molar-refractivity contribution in [1.82, 2.24) is 4.98 Å². The number of anilines is 1. The summed E-state index contributed by atoms with van der Waals surface area (Å²) in [6, 6.07) is 3.79. The smallest absolute Gasteiger partial charge is 0.139 e. The van der Waals surface area contributed by atoms with Crippen molar-refractivity contribution >= 4 is 28.4 Å². The van der Waals surface area contributed by atoms with E-state index in [0.29, 0.717) is 5.88 Å². The minimum absolute atomic E-state index is 0.0971. The molecule has 2 aromatic rings. The molecule has 0 saturated carbocycles. The van der Waals surface area contributed by atoms with Gasteiger partial charge < -0.3 is 9.73 Å². The number of hydrogen-bond donors (Lipinski definition) is 1. The van der Waals surface area contributed by atoms with Crippen LogP contribution in [0.2, 0.25) is 0 Å². The number of furan rings is 1. The van der Waals surface area contributed by atoms with Crippen molar-refractivity contribution in [3.8, 4) is 0 Å². The third-order valence-electron chi connectivity index (χ3n) is 3.37. The molecule has 0 aromatic carbocycles. The van der Waals surface area contributed by atoms with E-state index in [0.717, 1.165) is 29.6 Å². The van der Waals surface area contributed by atoms with Crippen LogP contribution in [0.5, 0.6) is 0 Å². The molecule has 0 fully saturated rings. The Kier molecular flexibility index (Phi) is 3.57. The second kappa shape index (κ2) is 4.96. The number of nitrogens with one attached hydrogen (secondary N) is 1. The highest BCUT2D eigenvalue weighted by Crippen LogP contribution is 2.28. The first-order valence-corrected chi connectivity index (χ1v) is 6.44. The molecule has 0 saturated heterocycles. The fourth-order valence-electron chi connectivity index (χ4n) is 1.89. The number of fused-ring (bicyclic) bond motifs is 1. The summed E-state index contributed by atoms with van der Waals surface area (Å²) in [5.41, 5.74) is 0.748. The SMILES string of the molecule is CCC(CC)(CCl)Nc1nccc2occc12. The van der Waals surface area contributed by atoms with Crippen LogP contribution in [0.1, 0.15) is 26.7 Å². The normalized spacial score (nSPS) is 11.9. The first-order chi connectivity index (χ1) is 8.24. The predicted octanol–water partition coefficient (Wildman–Crippen LogP) is 4.04. The summed E-state index contributed by atoms with van der Waals surface area (Å²) in [4.78, 5) is 4.38. The zero-order chi connectivity index (χ0) is 12.3. The van der Waals surface area contributed by atoms with Gasteiger partial charge in [0.2, 0.25) is 0 Å². The van der Waals surface area contributed by atoms with E-state index in [1.54, 1.807) is 12.5 Å². The maximum absolute atomic E-state index is 6.09. The van der Waals surface area contributed by atoms with Gasteiger partial charge in [-0.1, -0.05) is 13.8 Å². The molecular weight excluding hydrogens is 236 g/mol. The molecule has 0 aliphatic carbocycles. The Morgan fingerprint density at radius 2 is 2.12 bits per heavy atom. The van der Waals surface area contributed by atoms with Crippen LogP contribution in [-0.2, 0) is 0 Å². The molecule has 0 amide bonds. The maximum atomic E-state index is 6.09. The van der Waals surface area contributed by atoms with Crippen molar-refractivity contribution in [2.75, 3.05) is 11.2 Å². The summed E-state index contributed by atoms with van der Waals surface area (Å²) in [7, 11) is 0. The van der Waals surface area contributed by atoms with Gasteiger partial charge in [0, 0.05) is 12.1 Å². The Hall–Kier alpha value is -1.22. The van der Waals surface area contributed by atoms with Gasteiger partial charge in [-0.2, -0.15) is 0 Å². The number of alkyl halides is 1. The van der Waals surface area contributed by atoms with E-state index >= 15 is 0 Å². The average molecular weight is 253 g/mol. The van der Waals surface area contributed by atoms with Crippen molar-refractivity contribution in [2.45, 2.75) is 32.2 Å². The number of pyridine rings is 1. The number of hydrogen-bond acceptors (Lipinski definition) is 3. The van der Waals surface area contributed by atoms with Crippen molar-refractivity contribution in [3.63, 3.8) is 0 Å². The van der Waals surface area contributed by atoms with Gasteiger partial charge in [-0.05, 0) is 25.0 Å². The van der Waals surface area contributed by atoms with Crippen LogP contribution in [0, 0.1) is 0 Å². The van der Waals surface area contributed by atoms with E-state index in [1.807, 2.05) is 12.1 Å². The van der Waals surface area contributed by atoms with Crippen LogP contribution in [0.15, 0.2) is 29.0 Å². The minimum Gasteiger partial charge on any atom is -0.464 e. The van der Waals surface area contributed by atoms with Gasteiger partial charge in [0.15, 0.2) is 0 Å². The number of rotatable bonds is 5. The topological polar surface area (TPSA) is 38.1 Å². The fourth-order valence-corrected chi connectivity index (χ4v) is 2.34. The summed E-state index contributed by atoms with van der Waals surface area (Å²) >= 11 is 6.09. The molecule has 0 radical (unpaired) electrons. The van der Waals surface area contributed by atoms with Crippen molar-refractivity contribution in [2.24, 2.45) is 0 Å². The summed E-state index contributed by atoms with van der Waals surface area (Å²) in [6.07, 6.45) is 5.35. The number of halogens is 1.